The van der Waals surface area contributed by atoms with E-state index in [9.17, 15) is 4.39 Å². The van der Waals surface area contributed by atoms with E-state index in [4.69, 9.17) is 28.9 Å². The zero-order chi connectivity index (χ0) is 13.8. The highest BCUT2D eigenvalue weighted by Gasteiger charge is 2.12. The van der Waals surface area contributed by atoms with Crippen LogP contribution in [0.1, 0.15) is 11.1 Å². The normalized spacial score (nSPS) is 12.4. The standard InChI is InChI=1S/C15H14Cl2FN/c16-11-4-1-3-10(7-11)8-12(19)9-13-14(17)5-2-6-15(13)18/h1-7,12H,8-9,19H2. The molecule has 0 aromatic heterocycles. The number of hydrogen-bond acceptors (Lipinski definition) is 1. The highest BCUT2D eigenvalue weighted by atomic mass is 35.5. The van der Waals surface area contributed by atoms with E-state index in [1.807, 2.05) is 24.3 Å². The minimum Gasteiger partial charge on any atom is -0.327 e. The molecule has 0 amide bonds. The number of halogens is 3. The van der Waals surface area contributed by atoms with E-state index in [1.54, 1.807) is 12.1 Å². The van der Waals surface area contributed by atoms with E-state index in [2.05, 4.69) is 0 Å². The summed E-state index contributed by atoms with van der Waals surface area (Å²) in [6.07, 6.45) is 1.03. The molecule has 0 heterocycles. The Kier molecular flexibility index (Phi) is 4.81. The zero-order valence-electron chi connectivity index (χ0n) is 10.2. The Morgan fingerprint density at radius 2 is 1.79 bits per heavy atom. The van der Waals surface area contributed by atoms with Crippen molar-refractivity contribution in [2.75, 3.05) is 0 Å². The smallest absolute Gasteiger partial charge is 0.127 e. The zero-order valence-corrected chi connectivity index (χ0v) is 11.8. The summed E-state index contributed by atoms with van der Waals surface area (Å²) in [5.74, 6) is -0.311. The fourth-order valence-corrected chi connectivity index (χ4v) is 2.48. The molecule has 0 radical (unpaired) electrons. The predicted octanol–water partition coefficient (Wildman–Crippen LogP) is 4.25. The number of rotatable bonds is 4. The van der Waals surface area contributed by atoms with E-state index < -0.39 is 0 Å². The summed E-state index contributed by atoms with van der Waals surface area (Å²) in [6.45, 7) is 0. The van der Waals surface area contributed by atoms with E-state index in [-0.39, 0.29) is 11.9 Å². The second kappa shape index (κ2) is 6.38. The first-order valence-electron chi connectivity index (χ1n) is 5.99. The molecule has 2 aromatic carbocycles. The van der Waals surface area contributed by atoms with Crippen molar-refractivity contribution >= 4 is 23.2 Å². The predicted molar refractivity (Wildman–Crippen MR) is 78.2 cm³/mol. The molecule has 0 fully saturated rings. The van der Waals surface area contributed by atoms with Crippen molar-refractivity contribution in [3.05, 3.63) is 69.5 Å². The fraction of sp³-hybridized carbons (Fsp3) is 0.200. The molecule has 2 rings (SSSR count). The van der Waals surface area contributed by atoms with Gasteiger partial charge >= 0.3 is 0 Å². The molecule has 0 bridgehead atoms. The van der Waals surface area contributed by atoms with Crippen LogP contribution in [0.2, 0.25) is 10.0 Å². The van der Waals surface area contributed by atoms with E-state index in [1.165, 1.54) is 6.07 Å². The molecule has 2 aromatic rings. The van der Waals surface area contributed by atoms with Crippen LogP contribution in [0.3, 0.4) is 0 Å². The lowest BCUT2D eigenvalue weighted by Gasteiger charge is -2.13. The molecule has 0 saturated carbocycles. The Balaban J connectivity index is 2.07. The van der Waals surface area contributed by atoms with Gasteiger partial charge in [0, 0.05) is 21.7 Å². The van der Waals surface area contributed by atoms with Gasteiger partial charge in [0.2, 0.25) is 0 Å². The number of benzene rings is 2. The molecular formula is C15H14Cl2FN. The maximum absolute atomic E-state index is 13.7. The van der Waals surface area contributed by atoms with Crippen LogP contribution in [0.4, 0.5) is 4.39 Å². The maximum atomic E-state index is 13.7. The first-order chi connectivity index (χ1) is 9.06. The van der Waals surface area contributed by atoms with Crippen LogP contribution in [0.15, 0.2) is 42.5 Å². The van der Waals surface area contributed by atoms with E-state index >= 15 is 0 Å². The number of hydrogen-bond donors (Lipinski definition) is 1. The minimum absolute atomic E-state index is 0.201. The summed E-state index contributed by atoms with van der Waals surface area (Å²) < 4.78 is 13.7. The molecule has 1 unspecified atom stereocenters. The first kappa shape index (κ1) is 14.3. The van der Waals surface area contributed by atoms with Crippen molar-refractivity contribution in [3.8, 4) is 0 Å². The van der Waals surface area contributed by atoms with Gasteiger partial charge in [-0.2, -0.15) is 0 Å². The third kappa shape index (κ3) is 3.93. The number of nitrogens with two attached hydrogens (primary N) is 1. The van der Waals surface area contributed by atoms with Gasteiger partial charge in [-0.1, -0.05) is 41.4 Å². The minimum atomic E-state index is -0.311. The summed E-state index contributed by atoms with van der Waals surface area (Å²) in [5.41, 5.74) is 7.56. The van der Waals surface area contributed by atoms with Gasteiger partial charge in [0.25, 0.3) is 0 Å². The van der Waals surface area contributed by atoms with Crippen LogP contribution in [-0.4, -0.2) is 6.04 Å². The summed E-state index contributed by atoms with van der Waals surface area (Å²) in [4.78, 5) is 0. The highest BCUT2D eigenvalue weighted by Crippen LogP contribution is 2.21. The molecule has 0 spiro atoms. The molecule has 4 heteroatoms. The largest absolute Gasteiger partial charge is 0.327 e. The van der Waals surface area contributed by atoms with E-state index in [0.29, 0.717) is 28.5 Å². The van der Waals surface area contributed by atoms with Gasteiger partial charge in [-0.25, -0.2) is 4.39 Å². The lowest BCUT2D eigenvalue weighted by Crippen LogP contribution is -2.26. The van der Waals surface area contributed by atoms with Crippen LogP contribution in [-0.2, 0) is 12.8 Å². The van der Waals surface area contributed by atoms with Crippen molar-refractivity contribution in [2.45, 2.75) is 18.9 Å². The van der Waals surface area contributed by atoms with Gasteiger partial charge in [-0.3, -0.25) is 0 Å². The monoisotopic (exact) mass is 297 g/mol. The van der Waals surface area contributed by atoms with Gasteiger partial charge in [0.15, 0.2) is 0 Å². The molecule has 1 atom stereocenters. The molecule has 1 nitrogen and oxygen atoms in total. The van der Waals surface area contributed by atoms with Crippen molar-refractivity contribution in [2.24, 2.45) is 5.73 Å². The van der Waals surface area contributed by atoms with Crippen LogP contribution in [0, 0.1) is 5.82 Å². The van der Waals surface area contributed by atoms with Crippen LogP contribution in [0.25, 0.3) is 0 Å². The van der Waals surface area contributed by atoms with Crippen molar-refractivity contribution in [3.63, 3.8) is 0 Å². The average molecular weight is 298 g/mol. The fourth-order valence-electron chi connectivity index (χ4n) is 2.03. The SMILES string of the molecule is NC(Cc1cccc(Cl)c1)Cc1c(F)cccc1Cl. The van der Waals surface area contributed by atoms with E-state index in [0.717, 1.165) is 5.56 Å². The topological polar surface area (TPSA) is 26.0 Å². The highest BCUT2D eigenvalue weighted by molar-refractivity contribution is 6.31. The molecule has 0 aliphatic carbocycles. The molecule has 0 saturated heterocycles. The quantitative estimate of drug-likeness (QED) is 0.897. The lowest BCUT2D eigenvalue weighted by molar-refractivity contribution is 0.584. The summed E-state index contributed by atoms with van der Waals surface area (Å²) in [7, 11) is 0. The van der Waals surface area contributed by atoms with Gasteiger partial charge in [-0.15, -0.1) is 0 Å². The van der Waals surface area contributed by atoms with Gasteiger partial charge in [-0.05, 0) is 42.7 Å². The van der Waals surface area contributed by atoms with Crippen LogP contribution >= 0.6 is 23.2 Å². The second-order valence-corrected chi connectivity index (χ2v) is 5.34. The summed E-state index contributed by atoms with van der Waals surface area (Å²) >= 11 is 11.9. The molecule has 0 aliphatic heterocycles. The van der Waals surface area contributed by atoms with Gasteiger partial charge in [0.1, 0.15) is 5.82 Å². The molecule has 0 aliphatic rings. The molecule has 2 N–H and O–H groups in total. The Morgan fingerprint density at radius 3 is 2.47 bits per heavy atom. The second-order valence-electron chi connectivity index (χ2n) is 4.50. The third-order valence-electron chi connectivity index (χ3n) is 2.91. The Labute approximate surface area is 122 Å². The van der Waals surface area contributed by atoms with Crippen molar-refractivity contribution < 1.29 is 4.39 Å². The molecular weight excluding hydrogens is 284 g/mol. The van der Waals surface area contributed by atoms with Crippen LogP contribution < -0.4 is 5.73 Å². The first-order valence-corrected chi connectivity index (χ1v) is 6.75. The van der Waals surface area contributed by atoms with Crippen molar-refractivity contribution in [1.29, 1.82) is 0 Å². The van der Waals surface area contributed by atoms with Crippen LogP contribution in [0.5, 0.6) is 0 Å². The Morgan fingerprint density at radius 1 is 1.05 bits per heavy atom. The van der Waals surface area contributed by atoms with Crippen molar-refractivity contribution in [1.82, 2.24) is 0 Å². The maximum Gasteiger partial charge on any atom is 0.127 e. The summed E-state index contributed by atoms with van der Waals surface area (Å²) in [6, 6.07) is 12.0. The Hall–Kier alpha value is -1.09. The lowest BCUT2D eigenvalue weighted by atomic mass is 9.99. The molecule has 100 valence electrons. The molecule has 19 heavy (non-hydrogen) atoms. The van der Waals surface area contributed by atoms with Gasteiger partial charge in [0.05, 0.1) is 0 Å². The average Bonchev–Trinajstić information content (AvgIpc) is 2.34. The summed E-state index contributed by atoms with van der Waals surface area (Å²) in [5, 5.41) is 1.09. The Bertz CT molecular complexity index is 552. The van der Waals surface area contributed by atoms with Gasteiger partial charge < -0.3 is 5.73 Å². The third-order valence-corrected chi connectivity index (χ3v) is 3.50.